The van der Waals surface area contributed by atoms with E-state index in [9.17, 15) is 19.8 Å². The van der Waals surface area contributed by atoms with Crippen LogP contribution in [0.4, 0.5) is 0 Å². The Hall–Kier alpha value is -2.14. The average molecular weight is 288 g/mol. The van der Waals surface area contributed by atoms with Crippen molar-refractivity contribution in [1.82, 2.24) is 0 Å². The fourth-order valence-electron chi connectivity index (χ4n) is 3.33. The quantitative estimate of drug-likeness (QED) is 0.643. The van der Waals surface area contributed by atoms with Crippen LogP contribution in [-0.2, 0) is 20.9 Å². The minimum Gasteiger partial charge on any atom is -0.481 e. The molecule has 0 saturated heterocycles. The summed E-state index contributed by atoms with van der Waals surface area (Å²) >= 11 is 0. The standard InChI is InChI=1S/C16H16O5/c17-14-10-6-7-11(14)13(12(10)15(18)19)16(20)21-8-9-4-2-1-3-5-9/h1-7,10-14,17H,8H2,(H,18,19)/t10?,11?,12-,13+,14?/m1/s1. The van der Waals surface area contributed by atoms with E-state index in [-0.39, 0.29) is 6.61 Å². The number of carbonyl (C=O) groups is 2. The second-order valence-electron chi connectivity index (χ2n) is 5.51. The zero-order valence-electron chi connectivity index (χ0n) is 11.3. The second kappa shape index (κ2) is 5.33. The highest BCUT2D eigenvalue weighted by Crippen LogP contribution is 2.48. The van der Waals surface area contributed by atoms with E-state index in [1.54, 1.807) is 12.2 Å². The van der Waals surface area contributed by atoms with Crippen LogP contribution in [0.1, 0.15) is 5.56 Å². The van der Waals surface area contributed by atoms with Crippen LogP contribution >= 0.6 is 0 Å². The molecule has 2 aliphatic rings. The third kappa shape index (κ3) is 2.34. The van der Waals surface area contributed by atoms with Crippen molar-refractivity contribution in [2.24, 2.45) is 23.7 Å². The maximum Gasteiger partial charge on any atom is 0.310 e. The minimum absolute atomic E-state index is 0.111. The summed E-state index contributed by atoms with van der Waals surface area (Å²) in [6.45, 7) is 0.111. The average Bonchev–Trinajstić information content (AvgIpc) is 2.99. The summed E-state index contributed by atoms with van der Waals surface area (Å²) in [4.78, 5) is 23.6. The first kappa shape index (κ1) is 13.8. The third-order valence-corrected chi connectivity index (χ3v) is 4.34. The van der Waals surface area contributed by atoms with Crippen molar-refractivity contribution in [2.45, 2.75) is 12.7 Å². The molecular weight excluding hydrogens is 272 g/mol. The highest BCUT2D eigenvalue weighted by Gasteiger charge is 2.57. The number of esters is 1. The molecule has 21 heavy (non-hydrogen) atoms. The van der Waals surface area contributed by atoms with Crippen LogP contribution in [0.15, 0.2) is 42.5 Å². The van der Waals surface area contributed by atoms with Crippen molar-refractivity contribution >= 4 is 11.9 Å². The van der Waals surface area contributed by atoms with Crippen LogP contribution < -0.4 is 0 Å². The molecular formula is C16H16O5. The van der Waals surface area contributed by atoms with E-state index in [0.717, 1.165) is 5.56 Å². The van der Waals surface area contributed by atoms with Gasteiger partial charge in [-0.1, -0.05) is 42.5 Å². The van der Waals surface area contributed by atoms with E-state index in [1.165, 1.54) is 0 Å². The molecule has 1 fully saturated rings. The van der Waals surface area contributed by atoms with Crippen molar-refractivity contribution in [3.63, 3.8) is 0 Å². The summed E-state index contributed by atoms with van der Waals surface area (Å²) in [5.41, 5.74) is 0.844. The van der Waals surface area contributed by atoms with Crippen LogP contribution in [0.25, 0.3) is 0 Å². The maximum absolute atomic E-state index is 12.2. The molecule has 0 aliphatic heterocycles. The van der Waals surface area contributed by atoms with E-state index in [4.69, 9.17) is 4.74 Å². The van der Waals surface area contributed by atoms with Crippen molar-refractivity contribution in [1.29, 1.82) is 0 Å². The van der Waals surface area contributed by atoms with Crippen LogP contribution in [0.2, 0.25) is 0 Å². The molecule has 0 heterocycles. The molecule has 5 nitrogen and oxygen atoms in total. The number of aliphatic hydroxyl groups is 1. The number of ether oxygens (including phenoxy) is 1. The van der Waals surface area contributed by atoms with Crippen LogP contribution in [0.5, 0.6) is 0 Å². The Morgan fingerprint density at radius 1 is 1.05 bits per heavy atom. The third-order valence-electron chi connectivity index (χ3n) is 4.34. The Morgan fingerprint density at radius 2 is 1.67 bits per heavy atom. The molecule has 0 aromatic heterocycles. The molecule has 5 heteroatoms. The highest BCUT2D eigenvalue weighted by atomic mass is 16.5. The Kier molecular flexibility index (Phi) is 3.51. The number of carbonyl (C=O) groups excluding carboxylic acids is 1. The zero-order chi connectivity index (χ0) is 15.0. The van der Waals surface area contributed by atoms with Gasteiger partial charge in [-0.25, -0.2) is 0 Å². The van der Waals surface area contributed by atoms with Crippen molar-refractivity contribution in [3.05, 3.63) is 48.0 Å². The minimum atomic E-state index is -1.06. The van der Waals surface area contributed by atoms with Crippen molar-refractivity contribution < 1.29 is 24.5 Å². The SMILES string of the molecule is O=C(O)[C@@H]1C2C=CC(C2O)[C@@H]1C(=O)OCc1ccccc1. The molecule has 3 rings (SSSR count). The zero-order valence-corrected chi connectivity index (χ0v) is 11.3. The van der Waals surface area contributed by atoms with Crippen LogP contribution in [0, 0.1) is 23.7 Å². The number of hydrogen-bond acceptors (Lipinski definition) is 4. The van der Waals surface area contributed by atoms with E-state index < -0.39 is 41.7 Å². The lowest BCUT2D eigenvalue weighted by Gasteiger charge is -2.22. The van der Waals surface area contributed by atoms with Crippen molar-refractivity contribution in [2.75, 3.05) is 0 Å². The summed E-state index contributed by atoms with van der Waals surface area (Å²) in [6, 6.07) is 9.21. The smallest absolute Gasteiger partial charge is 0.310 e. The maximum atomic E-state index is 12.2. The normalized spacial score (nSPS) is 33.1. The fourth-order valence-corrected chi connectivity index (χ4v) is 3.33. The van der Waals surface area contributed by atoms with Crippen molar-refractivity contribution in [3.8, 4) is 0 Å². The number of aliphatic carboxylic acids is 1. The molecule has 2 N–H and O–H groups in total. The molecule has 2 aliphatic carbocycles. The molecule has 0 radical (unpaired) electrons. The van der Waals surface area contributed by atoms with Gasteiger partial charge in [-0.3, -0.25) is 9.59 Å². The fraction of sp³-hybridized carbons (Fsp3) is 0.375. The van der Waals surface area contributed by atoms with Gasteiger partial charge in [0, 0.05) is 11.8 Å². The number of rotatable bonds is 4. The first-order valence-electron chi connectivity index (χ1n) is 6.89. The summed E-state index contributed by atoms with van der Waals surface area (Å²) in [6.07, 6.45) is 2.61. The van der Waals surface area contributed by atoms with E-state index >= 15 is 0 Å². The predicted octanol–water partition coefficient (Wildman–Crippen LogP) is 1.22. The van der Waals surface area contributed by atoms with Gasteiger partial charge in [0.05, 0.1) is 17.9 Å². The van der Waals surface area contributed by atoms with E-state index in [1.807, 2.05) is 30.3 Å². The van der Waals surface area contributed by atoms with Crippen LogP contribution in [-0.4, -0.2) is 28.3 Å². The number of aliphatic hydroxyl groups excluding tert-OH is 1. The van der Waals surface area contributed by atoms with Gasteiger partial charge < -0.3 is 14.9 Å². The Labute approximate surface area is 121 Å². The molecule has 1 aromatic rings. The monoisotopic (exact) mass is 288 g/mol. The first-order chi connectivity index (χ1) is 10.1. The topological polar surface area (TPSA) is 83.8 Å². The summed E-state index contributed by atoms with van der Waals surface area (Å²) in [5.74, 6) is -4.29. The summed E-state index contributed by atoms with van der Waals surface area (Å²) in [7, 11) is 0. The molecule has 110 valence electrons. The van der Waals surface area contributed by atoms with Gasteiger partial charge in [-0.15, -0.1) is 0 Å². The first-order valence-corrected chi connectivity index (χ1v) is 6.89. The van der Waals surface area contributed by atoms with E-state index in [2.05, 4.69) is 0 Å². The summed E-state index contributed by atoms with van der Waals surface area (Å²) < 4.78 is 5.25. The molecule has 0 spiro atoms. The lowest BCUT2D eigenvalue weighted by Crippen LogP contribution is -2.34. The number of carboxylic acid groups (broad SMARTS) is 1. The second-order valence-corrected chi connectivity index (χ2v) is 5.51. The van der Waals surface area contributed by atoms with Gasteiger partial charge in [0.25, 0.3) is 0 Å². The van der Waals surface area contributed by atoms with Gasteiger partial charge in [0.2, 0.25) is 0 Å². The molecule has 3 unspecified atom stereocenters. The number of fused-ring (bicyclic) bond motifs is 2. The van der Waals surface area contributed by atoms with Gasteiger partial charge in [0.15, 0.2) is 0 Å². The van der Waals surface area contributed by atoms with Crippen LogP contribution in [0.3, 0.4) is 0 Å². The lowest BCUT2D eigenvalue weighted by molar-refractivity contribution is -0.159. The van der Waals surface area contributed by atoms with Gasteiger partial charge in [-0.05, 0) is 5.56 Å². The Balaban J connectivity index is 1.72. The van der Waals surface area contributed by atoms with E-state index in [0.29, 0.717) is 0 Å². The van der Waals surface area contributed by atoms with Gasteiger partial charge in [0.1, 0.15) is 6.61 Å². The molecule has 0 amide bonds. The van der Waals surface area contributed by atoms with Gasteiger partial charge in [-0.2, -0.15) is 0 Å². The number of hydrogen-bond donors (Lipinski definition) is 2. The number of carboxylic acids is 1. The Bertz CT molecular complexity index is 580. The molecule has 1 aromatic carbocycles. The van der Waals surface area contributed by atoms with Gasteiger partial charge >= 0.3 is 11.9 Å². The predicted molar refractivity (Wildman–Crippen MR) is 73.0 cm³/mol. The number of benzene rings is 1. The lowest BCUT2D eigenvalue weighted by atomic mass is 9.83. The highest BCUT2D eigenvalue weighted by molar-refractivity contribution is 5.84. The molecule has 5 atom stereocenters. The Morgan fingerprint density at radius 3 is 2.29 bits per heavy atom. The largest absolute Gasteiger partial charge is 0.481 e. The summed E-state index contributed by atoms with van der Waals surface area (Å²) in [5, 5.41) is 19.3. The molecule has 1 saturated carbocycles. The molecule has 2 bridgehead atoms.